The van der Waals surface area contributed by atoms with Gasteiger partial charge in [-0.1, -0.05) is 45.4 Å². The van der Waals surface area contributed by atoms with E-state index in [4.69, 9.17) is 0 Å². The van der Waals surface area contributed by atoms with E-state index in [1.807, 2.05) is 0 Å². The van der Waals surface area contributed by atoms with Crippen LogP contribution in [-0.4, -0.2) is 13.6 Å². The third kappa shape index (κ3) is 3.20. The SMILES string of the molecule is CNCC1(Cc2cc(C(C)(C)C)ccc2C)CCC1. The lowest BCUT2D eigenvalue weighted by atomic mass is 9.64. The minimum Gasteiger partial charge on any atom is -0.319 e. The highest BCUT2D eigenvalue weighted by Crippen LogP contribution is 2.44. The predicted octanol–water partition coefficient (Wildman–Crippen LogP) is 4.22. The molecule has 1 nitrogen and oxygen atoms in total. The van der Waals surface area contributed by atoms with Crippen molar-refractivity contribution in [1.82, 2.24) is 5.32 Å². The molecule has 19 heavy (non-hydrogen) atoms. The fourth-order valence-electron chi connectivity index (χ4n) is 3.20. The van der Waals surface area contributed by atoms with Crippen LogP contribution in [0.5, 0.6) is 0 Å². The Bertz CT molecular complexity index is 435. The van der Waals surface area contributed by atoms with Crippen LogP contribution in [0.25, 0.3) is 0 Å². The van der Waals surface area contributed by atoms with Gasteiger partial charge in [0.25, 0.3) is 0 Å². The van der Waals surface area contributed by atoms with Crippen molar-refractivity contribution in [1.29, 1.82) is 0 Å². The van der Waals surface area contributed by atoms with Gasteiger partial charge < -0.3 is 5.32 Å². The van der Waals surface area contributed by atoms with Crippen molar-refractivity contribution in [2.45, 2.75) is 58.8 Å². The van der Waals surface area contributed by atoms with Crippen LogP contribution in [-0.2, 0) is 11.8 Å². The first-order chi connectivity index (χ1) is 8.86. The largest absolute Gasteiger partial charge is 0.319 e. The van der Waals surface area contributed by atoms with Crippen molar-refractivity contribution in [3.63, 3.8) is 0 Å². The van der Waals surface area contributed by atoms with E-state index in [-0.39, 0.29) is 5.41 Å². The second kappa shape index (κ2) is 5.28. The molecule has 1 aromatic carbocycles. The average Bonchev–Trinajstić information content (AvgIpc) is 2.27. The van der Waals surface area contributed by atoms with Crippen molar-refractivity contribution in [3.8, 4) is 0 Å². The lowest BCUT2D eigenvalue weighted by Crippen LogP contribution is -2.40. The Kier molecular flexibility index (Phi) is 4.06. The zero-order valence-electron chi connectivity index (χ0n) is 13.3. The molecule has 1 aliphatic rings. The molecule has 0 spiro atoms. The van der Waals surface area contributed by atoms with Gasteiger partial charge in [-0.05, 0) is 60.8 Å². The zero-order valence-corrected chi connectivity index (χ0v) is 13.3. The van der Waals surface area contributed by atoms with Gasteiger partial charge in [0.05, 0.1) is 0 Å². The number of rotatable bonds is 4. The van der Waals surface area contributed by atoms with Crippen LogP contribution in [0, 0.1) is 12.3 Å². The van der Waals surface area contributed by atoms with E-state index in [1.54, 1.807) is 5.56 Å². The smallest absolute Gasteiger partial charge is 0.000799 e. The molecule has 0 bridgehead atoms. The molecule has 0 amide bonds. The second-order valence-corrected chi connectivity index (χ2v) is 7.45. The summed E-state index contributed by atoms with van der Waals surface area (Å²) in [5.41, 5.74) is 5.25. The number of benzene rings is 1. The molecular weight excluding hydrogens is 230 g/mol. The van der Waals surface area contributed by atoms with E-state index in [2.05, 4.69) is 58.3 Å². The molecule has 106 valence electrons. The minimum atomic E-state index is 0.248. The van der Waals surface area contributed by atoms with E-state index in [0.29, 0.717) is 5.41 Å². The Morgan fingerprint density at radius 3 is 2.37 bits per heavy atom. The van der Waals surface area contributed by atoms with E-state index < -0.39 is 0 Å². The number of aryl methyl sites for hydroxylation is 1. The molecule has 2 rings (SSSR count). The Hall–Kier alpha value is -0.820. The maximum absolute atomic E-state index is 3.40. The van der Waals surface area contributed by atoms with Gasteiger partial charge in [0, 0.05) is 6.54 Å². The highest BCUT2D eigenvalue weighted by atomic mass is 14.8. The molecule has 1 aliphatic carbocycles. The maximum Gasteiger partial charge on any atom is 0.000799 e. The van der Waals surface area contributed by atoms with Crippen molar-refractivity contribution in [2.75, 3.05) is 13.6 Å². The number of nitrogens with one attached hydrogen (secondary N) is 1. The first-order valence-electron chi connectivity index (χ1n) is 7.61. The molecule has 1 fully saturated rings. The fourth-order valence-corrected chi connectivity index (χ4v) is 3.20. The van der Waals surface area contributed by atoms with Crippen LogP contribution in [0.3, 0.4) is 0 Å². The topological polar surface area (TPSA) is 12.0 Å². The van der Waals surface area contributed by atoms with Crippen LogP contribution in [0.2, 0.25) is 0 Å². The van der Waals surface area contributed by atoms with Crippen LogP contribution >= 0.6 is 0 Å². The van der Waals surface area contributed by atoms with Crippen LogP contribution in [0.1, 0.15) is 56.7 Å². The lowest BCUT2D eigenvalue weighted by molar-refractivity contribution is 0.133. The molecule has 0 saturated heterocycles. The van der Waals surface area contributed by atoms with Gasteiger partial charge in [-0.25, -0.2) is 0 Å². The van der Waals surface area contributed by atoms with E-state index >= 15 is 0 Å². The minimum absolute atomic E-state index is 0.248. The molecule has 0 aromatic heterocycles. The fraction of sp³-hybridized carbons (Fsp3) is 0.667. The molecule has 0 radical (unpaired) electrons. The van der Waals surface area contributed by atoms with Crippen molar-refractivity contribution < 1.29 is 0 Å². The summed E-state index contributed by atoms with van der Waals surface area (Å²) in [6.45, 7) is 10.3. The van der Waals surface area contributed by atoms with Gasteiger partial charge in [0.2, 0.25) is 0 Å². The summed E-state index contributed by atoms with van der Waals surface area (Å²) in [5.74, 6) is 0. The Morgan fingerprint density at radius 1 is 1.21 bits per heavy atom. The normalized spacial score (nSPS) is 18.2. The van der Waals surface area contributed by atoms with Crippen LogP contribution < -0.4 is 5.32 Å². The summed E-state index contributed by atoms with van der Waals surface area (Å²) in [4.78, 5) is 0. The summed E-state index contributed by atoms with van der Waals surface area (Å²) in [6, 6.07) is 7.05. The van der Waals surface area contributed by atoms with Gasteiger partial charge in [-0.2, -0.15) is 0 Å². The maximum atomic E-state index is 3.40. The Labute approximate surface area is 118 Å². The van der Waals surface area contributed by atoms with Crippen molar-refractivity contribution in [3.05, 3.63) is 34.9 Å². The molecule has 1 saturated carbocycles. The average molecular weight is 259 g/mol. The first kappa shape index (κ1) is 14.6. The van der Waals surface area contributed by atoms with Gasteiger partial charge >= 0.3 is 0 Å². The summed E-state index contributed by atoms with van der Waals surface area (Å²) in [7, 11) is 2.08. The van der Waals surface area contributed by atoms with E-state index in [9.17, 15) is 0 Å². The standard InChI is InChI=1S/C18H29N/c1-14-7-8-16(17(2,3)4)11-15(14)12-18(13-19-5)9-6-10-18/h7-8,11,19H,6,9-10,12-13H2,1-5H3. The molecule has 0 unspecified atom stereocenters. The number of hydrogen-bond acceptors (Lipinski definition) is 1. The molecule has 1 heteroatoms. The summed E-state index contributed by atoms with van der Waals surface area (Å²) in [5, 5.41) is 3.40. The quantitative estimate of drug-likeness (QED) is 0.853. The highest BCUT2D eigenvalue weighted by molar-refractivity contribution is 5.35. The second-order valence-electron chi connectivity index (χ2n) is 7.45. The predicted molar refractivity (Wildman–Crippen MR) is 83.8 cm³/mol. The monoisotopic (exact) mass is 259 g/mol. The van der Waals surface area contributed by atoms with E-state index in [0.717, 1.165) is 6.54 Å². The summed E-state index contributed by atoms with van der Waals surface area (Å²) < 4.78 is 0. The number of hydrogen-bond donors (Lipinski definition) is 1. The Morgan fingerprint density at radius 2 is 1.89 bits per heavy atom. The zero-order chi connectivity index (χ0) is 14.1. The highest BCUT2D eigenvalue weighted by Gasteiger charge is 2.36. The van der Waals surface area contributed by atoms with Crippen LogP contribution in [0.4, 0.5) is 0 Å². The van der Waals surface area contributed by atoms with Gasteiger partial charge in [-0.15, -0.1) is 0 Å². The van der Waals surface area contributed by atoms with Gasteiger partial charge in [0.15, 0.2) is 0 Å². The van der Waals surface area contributed by atoms with Crippen LogP contribution in [0.15, 0.2) is 18.2 Å². The Balaban J connectivity index is 2.24. The molecule has 1 N–H and O–H groups in total. The summed E-state index contributed by atoms with van der Waals surface area (Å²) in [6.07, 6.45) is 5.41. The van der Waals surface area contributed by atoms with Gasteiger partial charge in [0.1, 0.15) is 0 Å². The van der Waals surface area contributed by atoms with Gasteiger partial charge in [-0.3, -0.25) is 0 Å². The molecule has 0 aliphatic heterocycles. The third-order valence-corrected chi connectivity index (χ3v) is 4.75. The van der Waals surface area contributed by atoms with E-state index in [1.165, 1.54) is 36.8 Å². The van der Waals surface area contributed by atoms with Crippen molar-refractivity contribution in [2.24, 2.45) is 5.41 Å². The molecule has 0 atom stereocenters. The molecule has 1 aromatic rings. The lowest BCUT2D eigenvalue weighted by Gasteiger charge is -2.42. The third-order valence-electron chi connectivity index (χ3n) is 4.75. The summed E-state index contributed by atoms with van der Waals surface area (Å²) >= 11 is 0. The van der Waals surface area contributed by atoms with Crippen molar-refractivity contribution >= 4 is 0 Å². The molecular formula is C18H29N. The first-order valence-corrected chi connectivity index (χ1v) is 7.61. The molecule has 0 heterocycles.